The number of unbranched alkanes of at least 4 members (excludes halogenated alkanes) is 3. The van der Waals surface area contributed by atoms with Crippen LogP contribution >= 0.6 is 0 Å². The van der Waals surface area contributed by atoms with Gasteiger partial charge in [-0.1, -0.05) is 80.2 Å². The van der Waals surface area contributed by atoms with Crippen molar-refractivity contribution in [1.29, 1.82) is 0 Å². The Bertz CT molecular complexity index is 364. The molecule has 0 radical (unpaired) electrons. The van der Waals surface area contributed by atoms with E-state index in [9.17, 15) is 0 Å². The average Bonchev–Trinajstić information content (AvgIpc) is 2.55. The zero-order chi connectivity index (χ0) is 16.8. The molecule has 0 aromatic rings. The first-order valence-corrected chi connectivity index (χ1v) is 9.30. The smallest absolute Gasteiger partial charge is 0.142 e. The van der Waals surface area contributed by atoms with Gasteiger partial charge < -0.3 is 4.74 Å². The second kappa shape index (κ2) is 14.5. The zero-order valence-electron chi connectivity index (χ0n) is 15.7. The third-order valence-electron chi connectivity index (χ3n) is 3.61. The maximum atomic E-state index is 5.96. The van der Waals surface area contributed by atoms with E-state index in [0.717, 1.165) is 37.1 Å². The van der Waals surface area contributed by atoms with Crippen LogP contribution in [0.4, 0.5) is 0 Å². The topological polar surface area (TPSA) is 21.6 Å². The van der Waals surface area contributed by atoms with E-state index in [4.69, 9.17) is 4.74 Å². The van der Waals surface area contributed by atoms with Crippen LogP contribution in [-0.4, -0.2) is 11.8 Å². The fraction of sp³-hybridized carbons (Fsp3) is 0.762. The van der Waals surface area contributed by atoms with Gasteiger partial charge >= 0.3 is 0 Å². The summed E-state index contributed by atoms with van der Waals surface area (Å²) in [7, 11) is 0. The van der Waals surface area contributed by atoms with Crippen LogP contribution in [0.2, 0.25) is 0 Å². The molecular formula is C21H41NO. The van der Waals surface area contributed by atoms with Crippen molar-refractivity contribution < 1.29 is 4.74 Å². The lowest BCUT2D eigenvalue weighted by Gasteiger charge is -2.32. The molecule has 1 heterocycles. The monoisotopic (exact) mass is 323 g/mol. The number of aliphatic imine (C=N–C) groups is 1. The van der Waals surface area contributed by atoms with Gasteiger partial charge in [-0.3, -0.25) is 4.99 Å². The standard InChI is InChI=1S/C12H17NO.C6H14.C2H6.CH4/c1-3-8-12(2)9-13-10-6-4-5-7-11(10)14-12;1-3-5-6-4-2;1-2;/h6-7,9H,3-5,8H2,1-2H3;3-6H2,1-2H3;1-2H3;1H4. The minimum absolute atomic E-state index is 0. The van der Waals surface area contributed by atoms with Gasteiger partial charge in [-0.25, -0.2) is 0 Å². The quantitative estimate of drug-likeness (QED) is 0.481. The van der Waals surface area contributed by atoms with Crippen molar-refractivity contribution in [3.63, 3.8) is 0 Å². The summed E-state index contributed by atoms with van der Waals surface area (Å²) in [4.78, 5) is 4.47. The summed E-state index contributed by atoms with van der Waals surface area (Å²) in [5.41, 5.74) is 0.833. The summed E-state index contributed by atoms with van der Waals surface area (Å²) in [6.07, 6.45) is 16.1. The van der Waals surface area contributed by atoms with Crippen molar-refractivity contribution in [1.82, 2.24) is 0 Å². The van der Waals surface area contributed by atoms with Crippen LogP contribution in [0.1, 0.15) is 100 Å². The lowest BCUT2D eigenvalue weighted by atomic mass is 9.99. The van der Waals surface area contributed by atoms with Gasteiger partial charge in [0, 0.05) is 6.21 Å². The van der Waals surface area contributed by atoms with Gasteiger partial charge in [-0.05, 0) is 32.3 Å². The Morgan fingerprint density at radius 3 is 2.09 bits per heavy atom. The van der Waals surface area contributed by atoms with E-state index in [1.165, 1.54) is 25.7 Å². The van der Waals surface area contributed by atoms with Crippen LogP contribution < -0.4 is 0 Å². The van der Waals surface area contributed by atoms with Gasteiger partial charge in [0.05, 0.1) is 0 Å². The lowest BCUT2D eigenvalue weighted by Crippen LogP contribution is -2.33. The molecule has 1 aliphatic carbocycles. The summed E-state index contributed by atoms with van der Waals surface area (Å²) >= 11 is 0. The molecule has 1 aliphatic heterocycles. The van der Waals surface area contributed by atoms with Crippen LogP contribution in [-0.2, 0) is 4.74 Å². The summed E-state index contributed by atoms with van der Waals surface area (Å²) in [6, 6.07) is 0. The van der Waals surface area contributed by atoms with E-state index in [2.05, 4.69) is 44.8 Å². The Morgan fingerprint density at radius 2 is 1.57 bits per heavy atom. The van der Waals surface area contributed by atoms with E-state index < -0.39 is 0 Å². The highest BCUT2D eigenvalue weighted by Gasteiger charge is 2.29. The molecule has 2 nitrogen and oxygen atoms in total. The maximum Gasteiger partial charge on any atom is 0.142 e. The molecule has 0 bridgehead atoms. The largest absolute Gasteiger partial charge is 0.480 e. The van der Waals surface area contributed by atoms with Crippen molar-refractivity contribution in [2.45, 2.75) is 106 Å². The van der Waals surface area contributed by atoms with Crippen molar-refractivity contribution in [3.05, 3.63) is 23.6 Å². The van der Waals surface area contributed by atoms with Crippen LogP contribution in [0.15, 0.2) is 28.6 Å². The normalized spacial score (nSPS) is 21.0. The molecule has 0 amide bonds. The fourth-order valence-electron chi connectivity index (χ4n) is 2.45. The van der Waals surface area contributed by atoms with Gasteiger partial charge in [0.1, 0.15) is 17.1 Å². The van der Waals surface area contributed by atoms with Gasteiger partial charge in [0.15, 0.2) is 0 Å². The van der Waals surface area contributed by atoms with Gasteiger partial charge in [-0.2, -0.15) is 0 Å². The molecule has 2 aliphatic rings. The minimum Gasteiger partial charge on any atom is -0.480 e. The van der Waals surface area contributed by atoms with Crippen LogP contribution in [0, 0.1) is 0 Å². The molecular weight excluding hydrogens is 282 g/mol. The molecule has 0 saturated heterocycles. The van der Waals surface area contributed by atoms with E-state index in [1.54, 1.807) is 0 Å². The van der Waals surface area contributed by atoms with E-state index in [0.29, 0.717) is 0 Å². The molecule has 0 aromatic carbocycles. The summed E-state index contributed by atoms with van der Waals surface area (Å²) in [5.74, 6) is 0.981. The van der Waals surface area contributed by atoms with Gasteiger partial charge in [0.25, 0.3) is 0 Å². The van der Waals surface area contributed by atoms with Gasteiger partial charge in [0.2, 0.25) is 0 Å². The second-order valence-electron chi connectivity index (χ2n) is 5.87. The number of ether oxygens (including phenoxy) is 1. The first-order valence-electron chi connectivity index (χ1n) is 9.30. The number of rotatable bonds is 5. The zero-order valence-corrected chi connectivity index (χ0v) is 15.7. The van der Waals surface area contributed by atoms with E-state index in [-0.39, 0.29) is 13.0 Å². The predicted molar refractivity (Wildman–Crippen MR) is 106 cm³/mol. The summed E-state index contributed by atoms with van der Waals surface area (Å²) in [5, 5.41) is 0. The molecule has 1 unspecified atom stereocenters. The number of hydrogen-bond acceptors (Lipinski definition) is 2. The molecule has 0 fully saturated rings. The first-order chi connectivity index (χ1) is 10.6. The van der Waals surface area contributed by atoms with Crippen LogP contribution in [0.25, 0.3) is 0 Å². The van der Waals surface area contributed by atoms with Crippen molar-refractivity contribution in [2.75, 3.05) is 0 Å². The molecule has 2 heteroatoms. The number of allylic oxidation sites excluding steroid dienone is 2. The Labute approximate surface area is 146 Å². The minimum atomic E-state index is -0.185. The summed E-state index contributed by atoms with van der Waals surface area (Å²) < 4.78 is 5.96. The maximum absolute atomic E-state index is 5.96. The van der Waals surface area contributed by atoms with Crippen molar-refractivity contribution in [3.8, 4) is 0 Å². The van der Waals surface area contributed by atoms with Gasteiger partial charge in [-0.15, -0.1) is 0 Å². The Balaban J connectivity index is 0. The molecule has 0 N–H and O–H groups in total. The van der Waals surface area contributed by atoms with Crippen LogP contribution in [0.5, 0.6) is 0 Å². The average molecular weight is 324 g/mol. The van der Waals surface area contributed by atoms with Crippen molar-refractivity contribution >= 4 is 6.21 Å². The number of nitrogens with zero attached hydrogens (tertiary/aromatic N) is 1. The molecule has 0 saturated carbocycles. The highest BCUT2D eigenvalue weighted by atomic mass is 16.5. The summed E-state index contributed by atoms with van der Waals surface area (Å²) in [6.45, 7) is 12.7. The Hall–Kier alpha value is -1.05. The highest BCUT2D eigenvalue weighted by molar-refractivity contribution is 5.72. The molecule has 1 atom stereocenters. The van der Waals surface area contributed by atoms with Crippen LogP contribution in [0.3, 0.4) is 0 Å². The molecule has 136 valence electrons. The van der Waals surface area contributed by atoms with E-state index in [1.807, 2.05) is 20.1 Å². The number of hydrogen-bond donors (Lipinski definition) is 0. The highest BCUT2D eigenvalue weighted by Crippen LogP contribution is 2.31. The third-order valence-corrected chi connectivity index (χ3v) is 3.61. The first kappa shape index (κ1) is 24.2. The molecule has 23 heavy (non-hydrogen) atoms. The Morgan fingerprint density at radius 1 is 1.00 bits per heavy atom. The third kappa shape index (κ3) is 9.63. The SMILES string of the molecule is C.CC.CCCC1(C)C=NC2=CCCC=C2O1.CCCCCC. The molecule has 0 aromatic heterocycles. The second-order valence-corrected chi connectivity index (χ2v) is 5.87. The predicted octanol–water partition coefficient (Wildman–Crippen LogP) is 7.46. The fourth-order valence-corrected chi connectivity index (χ4v) is 2.45. The lowest BCUT2D eigenvalue weighted by molar-refractivity contribution is 0.0731. The number of fused-ring (bicyclic) bond motifs is 1. The van der Waals surface area contributed by atoms with Crippen molar-refractivity contribution in [2.24, 2.45) is 4.99 Å². The Kier molecular flexibility index (Phi) is 15.3. The molecule has 0 spiro atoms. The molecule has 2 rings (SSSR count). The van der Waals surface area contributed by atoms with E-state index >= 15 is 0 Å².